The predicted octanol–water partition coefficient (Wildman–Crippen LogP) is 2.26. The number of piperidine rings is 1. The van der Waals surface area contributed by atoms with E-state index in [-0.39, 0.29) is 5.92 Å². The van der Waals surface area contributed by atoms with Crippen LogP contribution in [0.2, 0.25) is 0 Å². The van der Waals surface area contributed by atoms with Crippen LogP contribution in [0.1, 0.15) is 34.5 Å². The van der Waals surface area contributed by atoms with Crippen molar-refractivity contribution >= 4 is 33.7 Å². The predicted molar refractivity (Wildman–Crippen MR) is 132 cm³/mol. The third-order valence-electron chi connectivity index (χ3n) is 7.28. The van der Waals surface area contributed by atoms with Gasteiger partial charge in [0.1, 0.15) is 16.6 Å². The van der Waals surface area contributed by atoms with Gasteiger partial charge in [-0.25, -0.2) is 4.98 Å². The summed E-state index contributed by atoms with van der Waals surface area (Å²) in [4.78, 5) is 13.1. The number of aliphatic hydroxyl groups is 1. The van der Waals surface area contributed by atoms with Gasteiger partial charge < -0.3 is 24.5 Å². The molecule has 5 heterocycles. The molecule has 9 nitrogen and oxygen atoms in total. The van der Waals surface area contributed by atoms with E-state index in [4.69, 9.17) is 9.72 Å². The van der Waals surface area contributed by atoms with E-state index in [2.05, 4.69) is 55.4 Å². The molecule has 6 rings (SSSR count). The van der Waals surface area contributed by atoms with Crippen LogP contribution in [0.3, 0.4) is 0 Å². The van der Waals surface area contributed by atoms with Crippen molar-refractivity contribution in [2.24, 2.45) is 5.92 Å². The Hall–Kier alpha value is -2.40. The molecule has 3 aliphatic rings. The fraction of sp³-hybridized carbons (Fsp3) is 0.583. The molecule has 2 atom stereocenters. The van der Waals surface area contributed by atoms with E-state index in [1.54, 1.807) is 11.3 Å². The van der Waals surface area contributed by atoms with Crippen LogP contribution >= 0.6 is 11.3 Å². The van der Waals surface area contributed by atoms with Gasteiger partial charge in [-0.15, -0.1) is 21.5 Å². The molecule has 2 unspecified atom stereocenters. The van der Waals surface area contributed by atoms with Crippen molar-refractivity contribution in [1.29, 1.82) is 0 Å². The van der Waals surface area contributed by atoms with Crippen LogP contribution in [-0.4, -0.2) is 83.4 Å². The van der Waals surface area contributed by atoms with E-state index in [0.717, 1.165) is 105 Å². The number of benzene rings is 1. The van der Waals surface area contributed by atoms with Crippen LogP contribution in [0.25, 0.3) is 10.9 Å². The average Bonchev–Trinajstić information content (AvgIpc) is 3.31. The SMILES string of the molecule is CN1CCc2sc(C(O)C3CCCN(c4nnnc5cc(N6CCOCC6)ccc45)C3)nc2C1. The topological polar surface area (TPSA) is 90.7 Å². The van der Waals surface area contributed by atoms with Crippen molar-refractivity contribution in [3.63, 3.8) is 0 Å². The fourth-order valence-electron chi connectivity index (χ4n) is 5.35. The van der Waals surface area contributed by atoms with E-state index in [1.807, 2.05) is 0 Å². The molecule has 2 aromatic heterocycles. The molecular formula is C24H31N7O2S. The maximum atomic E-state index is 11.3. The number of thiazole rings is 1. The van der Waals surface area contributed by atoms with Gasteiger partial charge in [-0.3, -0.25) is 0 Å². The highest BCUT2D eigenvalue weighted by molar-refractivity contribution is 7.11. The Balaban J connectivity index is 1.22. The van der Waals surface area contributed by atoms with Crippen molar-refractivity contribution in [1.82, 2.24) is 25.3 Å². The number of morpholine rings is 1. The molecule has 2 saturated heterocycles. The minimum atomic E-state index is -0.544. The average molecular weight is 482 g/mol. The van der Waals surface area contributed by atoms with Crippen LogP contribution in [0.5, 0.6) is 0 Å². The first kappa shape index (κ1) is 22.1. The number of hydrogen-bond donors (Lipinski definition) is 1. The zero-order valence-electron chi connectivity index (χ0n) is 19.6. The number of likely N-dealkylation sites (N-methyl/N-ethyl adjacent to an activating group) is 1. The van der Waals surface area contributed by atoms with Crippen LogP contribution in [0, 0.1) is 5.92 Å². The highest BCUT2D eigenvalue weighted by Crippen LogP contribution is 2.37. The molecule has 0 aliphatic carbocycles. The Morgan fingerprint density at radius 2 is 2.00 bits per heavy atom. The maximum Gasteiger partial charge on any atom is 0.162 e. The molecular weight excluding hydrogens is 450 g/mol. The lowest BCUT2D eigenvalue weighted by atomic mass is 9.92. The number of fused-ring (bicyclic) bond motifs is 2. The van der Waals surface area contributed by atoms with Gasteiger partial charge in [-0.1, -0.05) is 0 Å². The van der Waals surface area contributed by atoms with Gasteiger partial charge in [-0.2, -0.15) is 0 Å². The second kappa shape index (κ2) is 9.33. The van der Waals surface area contributed by atoms with Gasteiger partial charge in [0.2, 0.25) is 0 Å². The van der Waals surface area contributed by atoms with Crippen molar-refractivity contribution in [2.75, 3.05) is 62.8 Å². The molecule has 3 aliphatic heterocycles. The molecule has 10 heteroatoms. The molecule has 0 spiro atoms. The van der Waals surface area contributed by atoms with Crippen LogP contribution in [0.4, 0.5) is 11.5 Å². The minimum absolute atomic E-state index is 0.122. The Kier molecular flexibility index (Phi) is 6.06. The normalized spacial score (nSPS) is 22.7. The number of aromatic nitrogens is 4. The molecule has 0 saturated carbocycles. The van der Waals surface area contributed by atoms with E-state index in [1.165, 1.54) is 4.88 Å². The molecule has 1 N–H and O–H groups in total. The van der Waals surface area contributed by atoms with Gasteiger partial charge in [0.15, 0.2) is 5.82 Å². The summed E-state index contributed by atoms with van der Waals surface area (Å²) in [5.41, 5.74) is 3.14. The Morgan fingerprint density at radius 1 is 1.12 bits per heavy atom. The van der Waals surface area contributed by atoms with E-state index >= 15 is 0 Å². The standard InChI is InChI=1S/C24H31N7O2S/c1-29-8-6-21-20(15-29)25-24(34-21)22(32)16-3-2-7-31(14-16)23-18-5-4-17(13-19(18)26-28-27-23)30-9-11-33-12-10-30/h4-5,13,16,22,32H,2-3,6-12,14-15H2,1H3. The van der Waals surface area contributed by atoms with E-state index in [9.17, 15) is 5.11 Å². The second-order valence-electron chi connectivity index (χ2n) is 9.62. The summed E-state index contributed by atoms with van der Waals surface area (Å²) in [5.74, 6) is 0.979. The highest BCUT2D eigenvalue weighted by atomic mass is 32.1. The molecule has 3 aromatic rings. The summed E-state index contributed by atoms with van der Waals surface area (Å²) in [6, 6.07) is 6.36. The first-order chi connectivity index (χ1) is 16.7. The zero-order chi connectivity index (χ0) is 23.1. The molecule has 0 bridgehead atoms. The van der Waals surface area contributed by atoms with E-state index < -0.39 is 6.10 Å². The van der Waals surface area contributed by atoms with Gasteiger partial charge in [0.25, 0.3) is 0 Å². The number of anilines is 2. The van der Waals surface area contributed by atoms with Crippen molar-refractivity contribution < 1.29 is 9.84 Å². The smallest absolute Gasteiger partial charge is 0.162 e. The lowest BCUT2D eigenvalue weighted by molar-refractivity contribution is 0.0974. The third-order valence-corrected chi connectivity index (χ3v) is 8.51. The zero-order valence-corrected chi connectivity index (χ0v) is 20.4. The van der Waals surface area contributed by atoms with Crippen molar-refractivity contribution in [3.05, 3.63) is 33.8 Å². The maximum absolute atomic E-state index is 11.3. The van der Waals surface area contributed by atoms with E-state index in [0.29, 0.717) is 0 Å². The fourth-order valence-corrected chi connectivity index (χ4v) is 6.49. The van der Waals surface area contributed by atoms with Gasteiger partial charge in [0.05, 0.1) is 18.9 Å². The minimum Gasteiger partial charge on any atom is -0.386 e. The second-order valence-corrected chi connectivity index (χ2v) is 10.7. The third kappa shape index (κ3) is 4.24. The molecule has 1 aromatic carbocycles. The molecule has 34 heavy (non-hydrogen) atoms. The summed E-state index contributed by atoms with van der Waals surface area (Å²) in [7, 11) is 2.13. The summed E-state index contributed by atoms with van der Waals surface area (Å²) in [6.07, 6.45) is 2.47. The number of hydrogen-bond acceptors (Lipinski definition) is 10. The largest absolute Gasteiger partial charge is 0.386 e. The first-order valence-electron chi connectivity index (χ1n) is 12.2. The summed E-state index contributed by atoms with van der Waals surface area (Å²) in [6.45, 7) is 6.86. The Morgan fingerprint density at radius 3 is 2.88 bits per heavy atom. The lowest BCUT2D eigenvalue weighted by Gasteiger charge is -2.35. The summed E-state index contributed by atoms with van der Waals surface area (Å²) < 4.78 is 5.48. The molecule has 0 radical (unpaired) electrons. The quantitative estimate of drug-likeness (QED) is 0.602. The van der Waals surface area contributed by atoms with Crippen LogP contribution in [0.15, 0.2) is 18.2 Å². The molecule has 0 amide bonds. The van der Waals surface area contributed by atoms with Crippen LogP contribution in [-0.2, 0) is 17.7 Å². The van der Waals surface area contributed by atoms with Crippen molar-refractivity contribution in [3.8, 4) is 0 Å². The summed E-state index contributed by atoms with van der Waals surface area (Å²) in [5, 5.41) is 26.0. The van der Waals surface area contributed by atoms with Crippen LogP contribution < -0.4 is 9.80 Å². The number of nitrogens with zero attached hydrogens (tertiary/aromatic N) is 7. The molecule has 180 valence electrons. The van der Waals surface area contributed by atoms with Gasteiger partial charge in [0, 0.05) is 61.1 Å². The lowest BCUT2D eigenvalue weighted by Crippen LogP contribution is -2.38. The van der Waals surface area contributed by atoms with Crippen molar-refractivity contribution in [2.45, 2.75) is 31.9 Å². The number of aliphatic hydroxyl groups excluding tert-OH is 1. The number of rotatable bonds is 4. The highest BCUT2D eigenvalue weighted by Gasteiger charge is 2.32. The van der Waals surface area contributed by atoms with Gasteiger partial charge in [-0.05, 0) is 49.7 Å². The van der Waals surface area contributed by atoms with Gasteiger partial charge >= 0.3 is 0 Å². The number of ether oxygens (including phenoxy) is 1. The monoisotopic (exact) mass is 481 g/mol. The Bertz CT molecular complexity index is 1170. The first-order valence-corrected chi connectivity index (χ1v) is 13.0. The summed E-state index contributed by atoms with van der Waals surface area (Å²) >= 11 is 1.70. The molecule has 2 fully saturated rings. The Labute approximate surface area is 203 Å².